The molecule has 1 N–H and O–H groups in total. The summed E-state index contributed by atoms with van der Waals surface area (Å²) >= 11 is 0.632. The lowest BCUT2D eigenvalue weighted by molar-refractivity contribution is -0.605. The molecular weight excluding hydrogens is 569 g/mol. The van der Waals surface area contributed by atoms with Crippen LogP contribution in [0.5, 0.6) is 11.5 Å². The van der Waals surface area contributed by atoms with Crippen molar-refractivity contribution in [1.82, 2.24) is 4.98 Å². The van der Waals surface area contributed by atoms with Gasteiger partial charge in [-0.05, 0) is 42.5 Å². The number of aromatic nitrogens is 2. The Kier molecular flexibility index (Phi) is 9.08. The van der Waals surface area contributed by atoms with Crippen LogP contribution in [0.3, 0.4) is 0 Å². The van der Waals surface area contributed by atoms with Gasteiger partial charge in [-0.2, -0.15) is 35.5 Å². The minimum absolute atomic E-state index is 0.0465. The van der Waals surface area contributed by atoms with E-state index in [0.29, 0.717) is 34.5 Å². The highest BCUT2D eigenvalue weighted by Gasteiger charge is 2.60. The van der Waals surface area contributed by atoms with Crippen molar-refractivity contribution in [1.29, 1.82) is 0 Å². The summed E-state index contributed by atoms with van der Waals surface area (Å²) < 4.78 is 104. The average Bonchev–Trinajstić information content (AvgIpc) is 3.38. The molecule has 218 valence electrons. The smallest absolute Gasteiger partial charge is 0.422 e. The molecule has 0 amide bonds. The Morgan fingerprint density at radius 3 is 2.20 bits per heavy atom. The van der Waals surface area contributed by atoms with E-state index in [2.05, 4.69) is 14.5 Å². The van der Waals surface area contributed by atoms with Crippen LogP contribution in [0, 0.1) is 11.1 Å². The van der Waals surface area contributed by atoms with Gasteiger partial charge in [-0.3, -0.25) is 0 Å². The summed E-state index contributed by atoms with van der Waals surface area (Å²) in [6, 6.07) is 6.24. The van der Waals surface area contributed by atoms with Crippen LogP contribution in [-0.2, 0) is 12.0 Å². The van der Waals surface area contributed by atoms with Crippen LogP contribution in [0.25, 0.3) is 0 Å². The van der Waals surface area contributed by atoms with E-state index < -0.39 is 53.2 Å². The molecule has 4 rings (SSSR count). The zero-order valence-corrected chi connectivity index (χ0v) is 21.6. The second kappa shape index (κ2) is 12.2. The van der Waals surface area contributed by atoms with Crippen LogP contribution in [0.1, 0.15) is 59.0 Å². The lowest BCUT2D eigenvalue weighted by atomic mass is 9.76. The Morgan fingerprint density at radius 2 is 1.60 bits per heavy atom. The molecule has 40 heavy (non-hydrogen) atoms. The highest BCUT2D eigenvalue weighted by atomic mass is 32.1. The van der Waals surface area contributed by atoms with Crippen molar-refractivity contribution >= 4 is 11.3 Å². The fraction of sp³-hybridized carbons (Fsp3) is 0.462. The van der Waals surface area contributed by atoms with Crippen molar-refractivity contribution in [2.75, 3.05) is 0 Å². The minimum atomic E-state index is -4.98. The Morgan fingerprint density at radius 1 is 0.975 bits per heavy atom. The number of thiazole rings is 1. The summed E-state index contributed by atoms with van der Waals surface area (Å²) in [6.45, 7) is -6.70. The normalized spacial score (nSPS) is 17.1. The van der Waals surface area contributed by atoms with E-state index in [9.17, 15) is 41.0 Å². The molecular formula is C26H25F7N2O4S. The maximum absolute atomic E-state index is 14.3. The van der Waals surface area contributed by atoms with Gasteiger partial charge in [0, 0.05) is 30.2 Å². The van der Waals surface area contributed by atoms with Crippen molar-refractivity contribution in [2.24, 2.45) is 5.92 Å². The summed E-state index contributed by atoms with van der Waals surface area (Å²) in [5.74, 6) is -3.31. The molecule has 1 fully saturated rings. The Hall–Kier alpha value is -3.13. The third-order valence-corrected chi connectivity index (χ3v) is 8.17. The largest absolute Gasteiger partial charge is 0.619 e. The molecule has 0 saturated heterocycles. The van der Waals surface area contributed by atoms with Crippen molar-refractivity contribution < 1.29 is 50.0 Å². The van der Waals surface area contributed by atoms with E-state index in [0.717, 1.165) is 24.8 Å². The zero-order chi connectivity index (χ0) is 29.1. The number of ether oxygens (including phenoxy) is 2. The number of hydrogen-bond acceptors (Lipinski definition) is 6. The van der Waals surface area contributed by atoms with Crippen LogP contribution in [0.4, 0.5) is 30.7 Å². The fourth-order valence-electron chi connectivity index (χ4n) is 5.00. The van der Waals surface area contributed by atoms with E-state index in [1.807, 2.05) is 0 Å². The SMILES string of the molecule is [O-][n+]1ccc(CC(c2ccc(OC(F)F)c(OC(F)F)c2)c2ncc(C(O)(C3CCCCC3)C(F)(F)F)s2)cc1. The molecule has 6 nitrogen and oxygen atoms in total. The van der Waals surface area contributed by atoms with Crippen molar-refractivity contribution in [2.45, 2.75) is 69.4 Å². The van der Waals surface area contributed by atoms with Gasteiger partial charge in [0.2, 0.25) is 0 Å². The lowest BCUT2D eigenvalue weighted by Gasteiger charge is -2.38. The molecule has 1 saturated carbocycles. The molecule has 2 aromatic heterocycles. The number of pyridine rings is 1. The first-order chi connectivity index (χ1) is 18.9. The summed E-state index contributed by atoms with van der Waals surface area (Å²) in [6.07, 6.45) is 0.679. The number of alkyl halides is 7. The van der Waals surface area contributed by atoms with Crippen molar-refractivity contribution in [3.05, 3.63) is 75.1 Å². The summed E-state index contributed by atoms with van der Waals surface area (Å²) in [5, 5.41) is 22.7. The first-order valence-corrected chi connectivity index (χ1v) is 13.2. The predicted molar refractivity (Wildman–Crippen MR) is 129 cm³/mol. The van der Waals surface area contributed by atoms with Crippen molar-refractivity contribution in [3.63, 3.8) is 0 Å². The van der Waals surface area contributed by atoms with E-state index in [1.165, 1.54) is 30.6 Å². The van der Waals surface area contributed by atoms with Gasteiger partial charge < -0.3 is 19.8 Å². The molecule has 2 atom stereocenters. The number of aliphatic hydroxyl groups is 1. The predicted octanol–water partition coefficient (Wildman–Crippen LogP) is 6.68. The molecule has 1 aliphatic carbocycles. The fourth-order valence-corrected chi connectivity index (χ4v) is 6.24. The van der Waals surface area contributed by atoms with Gasteiger partial charge in [-0.25, -0.2) is 4.98 Å². The Balaban J connectivity index is 1.79. The van der Waals surface area contributed by atoms with Gasteiger partial charge in [0.15, 0.2) is 29.5 Å². The molecule has 2 unspecified atom stereocenters. The minimum Gasteiger partial charge on any atom is -0.619 e. The van der Waals surface area contributed by atoms with Crippen LogP contribution < -0.4 is 14.2 Å². The third kappa shape index (κ3) is 6.60. The topological polar surface area (TPSA) is 78.5 Å². The molecule has 0 spiro atoms. The Labute approximate surface area is 228 Å². The highest BCUT2D eigenvalue weighted by Crippen LogP contribution is 2.51. The van der Waals surface area contributed by atoms with Gasteiger partial charge in [-0.15, -0.1) is 11.3 Å². The monoisotopic (exact) mass is 594 g/mol. The van der Waals surface area contributed by atoms with Gasteiger partial charge in [0.1, 0.15) is 5.01 Å². The Bertz CT molecular complexity index is 1270. The number of rotatable bonds is 10. The lowest BCUT2D eigenvalue weighted by Crippen LogP contribution is -2.48. The highest BCUT2D eigenvalue weighted by molar-refractivity contribution is 7.11. The standard InChI is InChI=1S/C26H25F7N2O4S/c27-23(28)38-19-7-6-16(13-20(19)39-24(29)30)18(12-15-8-10-35(37)11-9-15)22-34-14-21(40-22)25(36,26(31,32)33)17-4-2-1-3-5-17/h6-11,13-14,17-18,23-24,36H,1-5,12H2. The molecule has 2 heterocycles. The summed E-state index contributed by atoms with van der Waals surface area (Å²) in [5.41, 5.74) is -2.38. The maximum atomic E-state index is 14.3. The van der Waals surface area contributed by atoms with Gasteiger partial charge in [0.05, 0.1) is 4.88 Å². The van der Waals surface area contributed by atoms with Crippen molar-refractivity contribution in [3.8, 4) is 11.5 Å². The molecule has 1 aromatic carbocycles. The van der Waals surface area contributed by atoms with E-state index >= 15 is 0 Å². The number of nitrogens with zero attached hydrogens (tertiary/aromatic N) is 2. The number of benzene rings is 1. The molecule has 3 aromatic rings. The van der Waals surface area contributed by atoms with Crippen LogP contribution in [0.2, 0.25) is 0 Å². The van der Waals surface area contributed by atoms with E-state index in [4.69, 9.17) is 0 Å². The first-order valence-electron chi connectivity index (χ1n) is 12.3. The second-order valence-electron chi connectivity index (χ2n) is 9.45. The summed E-state index contributed by atoms with van der Waals surface area (Å²) in [4.78, 5) is 3.79. The van der Waals surface area contributed by atoms with Gasteiger partial charge in [0.25, 0.3) is 0 Å². The molecule has 14 heteroatoms. The molecule has 1 aliphatic rings. The third-order valence-electron chi connectivity index (χ3n) is 6.94. The van der Waals surface area contributed by atoms with Crippen LogP contribution >= 0.6 is 11.3 Å². The molecule has 0 bridgehead atoms. The van der Waals surface area contributed by atoms with Crippen LogP contribution in [-0.4, -0.2) is 29.5 Å². The first kappa shape index (κ1) is 29.8. The molecule has 0 aliphatic heterocycles. The number of hydrogen-bond donors (Lipinski definition) is 1. The molecule has 0 radical (unpaired) electrons. The quantitative estimate of drug-likeness (QED) is 0.161. The zero-order valence-electron chi connectivity index (χ0n) is 20.8. The van der Waals surface area contributed by atoms with Gasteiger partial charge in [-0.1, -0.05) is 25.3 Å². The van der Waals surface area contributed by atoms with E-state index in [1.54, 1.807) is 0 Å². The average molecular weight is 595 g/mol. The summed E-state index contributed by atoms with van der Waals surface area (Å²) in [7, 11) is 0. The number of halogens is 7. The van der Waals surface area contributed by atoms with E-state index in [-0.39, 0.29) is 29.8 Å². The maximum Gasteiger partial charge on any atom is 0.422 e. The van der Waals surface area contributed by atoms with Crippen LogP contribution in [0.15, 0.2) is 48.9 Å². The van der Waals surface area contributed by atoms with Gasteiger partial charge >= 0.3 is 19.4 Å². The second-order valence-corrected chi connectivity index (χ2v) is 10.5.